The van der Waals surface area contributed by atoms with Crippen LogP contribution in [-0.4, -0.2) is 113 Å². The molecule has 10 rings (SSSR count). The number of H-pyrrole nitrogens is 2. The molecule has 4 aliphatic rings. The van der Waals surface area contributed by atoms with Gasteiger partial charge >= 0.3 is 12.2 Å². The van der Waals surface area contributed by atoms with E-state index in [1.54, 1.807) is 16.9 Å². The van der Waals surface area contributed by atoms with E-state index in [9.17, 15) is 19.2 Å². The third kappa shape index (κ3) is 10.6. The monoisotopic (exact) mass is 1060 g/mol. The minimum Gasteiger partial charge on any atom is -0.497 e. The number of anilines is 2. The van der Waals surface area contributed by atoms with Gasteiger partial charge in [0.15, 0.2) is 11.6 Å². The smallest absolute Gasteiger partial charge is 0.407 e. The second-order valence-corrected chi connectivity index (χ2v) is 21.7. The van der Waals surface area contributed by atoms with Gasteiger partial charge in [0.2, 0.25) is 11.8 Å². The minimum atomic E-state index is -0.772. The zero-order chi connectivity index (χ0) is 54.2. The molecule has 6 atom stereocenters. The summed E-state index contributed by atoms with van der Waals surface area (Å²) >= 11 is 0. The molecular formula is C58H70F2N10O7. The first-order chi connectivity index (χ1) is 37.1. The molecule has 4 aliphatic heterocycles. The lowest BCUT2D eigenvalue weighted by molar-refractivity contribution is -0.136. The third-order valence-corrected chi connectivity index (χ3v) is 16.4. The summed E-state index contributed by atoms with van der Waals surface area (Å²) in [6.07, 6.45) is 4.42. The van der Waals surface area contributed by atoms with E-state index < -0.39 is 35.9 Å². The highest BCUT2D eigenvalue weighted by atomic mass is 19.1. The Kier molecular flexibility index (Phi) is 15.3. The number of amides is 4. The molecule has 0 spiro atoms. The summed E-state index contributed by atoms with van der Waals surface area (Å²) in [5.41, 5.74) is 6.42. The number of alkyl carbamates (subject to hydrolysis) is 2. The number of ether oxygens (including phenoxy) is 3. The van der Waals surface area contributed by atoms with E-state index >= 15 is 8.78 Å². The van der Waals surface area contributed by atoms with E-state index in [1.165, 1.54) is 31.9 Å². The minimum absolute atomic E-state index is 0.0208. The van der Waals surface area contributed by atoms with Crippen molar-refractivity contribution in [2.24, 2.45) is 11.8 Å². The molecule has 0 aliphatic carbocycles. The lowest BCUT2D eigenvalue weighted by Crippen LogP contribution is -2.51. The van der Waals surface area contributed by atoms with E-state index in [0.29, 0.717) is 69.2 Å². The number of carbonyl (C=O) groups excluding carboxylic acids is 4. The number of nitrogens with one attached hydrogen (secondary N) is 4. The van der Waals surface area contributed by atoms with Gasteiger partial charge in [-0.1, -0.05) is 52.0 Å². The Balaban J connectivity index is 0.961. The highest BCUT2D eigenvalue weighted by Crippen LogP contribution is 2.49. The number of methoxy groups -OCH3 is 3. The van der Waals surface area contributed by atoms with Crippen LogP contribution in [0.3, 0.4) is 0 Å². The molecule has 4 saturated heterocycles. The summed E-state index contributed by atoms with van der Waals surface area (Å²) in [7, 11) is 4.19. The Morgan fingerprint density at radius 3 is 1.47 bits per heavy atom. The highest BCUT2D eigenvalue weighted by Gasteiger charge is 2.41. The van der Waals surface area contributed by atoms with Gasteiger partial charge in [0.05, 0.1) is 67.6 Å². The normalized spacial score (nSPS) is 20.9. The number of nitrogens with zero attached hydrogens (tertiary/aromatic N) is 6. The molecule has 0 radical (unpaired) electrons. The first kappa shape index (κ1) is 53.0. The summed E-state index contributed by atoms with van der Waals surface area (Å²) in [6.45, 7) is 9.57. The first-order valence-electron chi connectivity index (χ1n) is 27.1. The van der Waals surface area contributed by atoms with Crippen molar-refractivity contribution in [3.63, 3.8) is 0 Å². The first-order valence-corrected chi connectivity index (χ1v) is 27.1. The van der Waals surface area contributed by atoms with Crippen molar-refractivity contribution < 1.29 is 42.2 Å². The van der Waals surface area contributed by atoms with Gasteiger partial charge in [0.25, 0.3) is 0 Å². The summed E-state index contributed by atoms with van der Waals surface area (Å²) in [5.74, 6) is 0.341. The van der Waals surface area contributed by atoms with Crippen molar-refractivity contribution in [1.82, 2.24) is 40.4 Å². The van der Waals surface area contributed by atoms with E-state index in [4.69, 9.17) is 24.2 Å². The fourth-order valence-electron chi connectivity index (χ4n) is 12.4. The Morgan fingerprint density at radius 1 is 0.584 bits per heavy atom. The molecule has 0 saturated carbocycles. The van der Waals surface area contributed by atoms with Gasteiger partial charge in [-0.2, -0.15) is 0 Å². The van der Waals surface area contributed by atoms with Crippen molar-refractivity contribution >= 4 is 57.4 Å². The Morgan fingerprint density at radius 2 is 1.04 bits per heavy atom. The standard InChI is InChI=1S/C58H70F2N10O7/c1-32(2)50(65-57(73)76-6)55(71)68-24-8-10-48(68)53-61-42-18-14-36(28-44(42)63-53)46-20-21-47(70(46)38-30-40(59)52(41(60)31-38)67-26-22-35(23-27-67)34-12-16-39(75-5)17-13-34)37-15-19-43-45(29-37)64-54(62-43)49-11-9-25-69(49)56(72)51(33(3)4)66-58(74)77-7/h12-19,28-33,35,46-51H,8-11,20-27H2,1-7H3,(H,61,63)(H,62,64)(H,65,73)(H,66,74)/t46-,47-,48+,49+,50+,51?/m1/s1. The molecule has 19 heteroatoms. The predicted octanol–water partition coefficient (Wildman–Crippen LogP) is 10.3. The van der Waals surface area contributed by atoms with Crippen molar-refractivity contribution in [3.8, 4) is 5.75 Å². The second kappa shape index (κ2) is 22.3. The quantitative estimate of drug-likeness (QED) is 0.0812. The number of carbonyl (C=O) groups is 4. The number of likely N-dealkylation sites (tertiary alicyclic amines) is 2. The number of imidazole rings is 2. The molecule has 77 heavy (non-hydrogen) atoms. The van der Waals surface area contributed by atoms with Gasteiger partial charge in [-0.15, -0.1) is 0 Å². The van der Waals surface area contributed by atoms with E-state index in [1.807, 2.05) is 69.0 Å². The molecular weight excluding hydrogens is 987 g/mol. The van der Waals surface area contributed by atoms with Crippen LogP contribution in [0.4, 0.5) is 29.7 Å². The summed E-state index contributed by atoms with van der Waals surface area (Å²) < 4.78 is 48.8. The van der Waals surface area contributed by atoms with Crippen LogP contribution in [0, 0.1) is 23.5 Å². The van der Waals surface area contributed by atoms with Crippen LogP contribution in [-0.2, 0) is 19.1 Å². The largest absolute Gasteiger partial charge is 0.497 e. The van der Waals surface area contributed by atoms with Gasteiger partial charge in [0.1, 0.15) is 35.2 Å². The summed E-state index contributed by atoms with van der Waals surface area (Å²) in [4.78, 5) is 77.1. The highest BCUT2D eigenvalue weighted by molar-refractivity contribution is 5.88. The molecule has 4 aromatic carbocycles. The maximum atomic E-state index is 16.9. The van der Waals surface area contributed by atoms with Gasteiger partial charge in [-0.05, 0) is 134 Å². The number of halogens is 2. The Labute approximate surface area is 447 Å². The van der Waals surface area contributed by atoms with E-state index in [-0.39, 0.29) is 59.4 Å². The van der Waals surface area contributed by atoms with E-state index in [2.05, 4.69) is 49.8 Å². The van der Waals surface area contributed by atoms with Crippen LogP contribution in [0.5, 0.6) is 5.75 Å². The number of aromatic amines is 2. The number of rotatable bonds is 14. The topological polar surface area (TPSA) is 190 Å². The molecule has 2 aromatic heterocycles. The van der Waals surface area contributed by atoms with Crippen LogP contribution in [0.2, 0.25) is 0 Å². The fraction of sp³-hybridized carbons (Fsp3) is 0.483. The van der Waals surface area contributed by atoms with Crippen LogP contribution < -0.4 is 25.2 Å². The van der Waals surface area contributed by atoms with Crippen LogP contribution in [0.1, 0.15) is 137 Å². The molecule has 4 fully saturated rings. The molecule has 6 aromatic rings. The zero-order valence-electron chi connectivity index (χ0n) is 44.9. The van der Waals surface area contributed by atoms with Crippen molar-refractivity contribution in [2.75, 3.05) is 57.3 Å². The van der Waals surface area contributed by atoms with Crippen molar-refractivity contribution in [2.45, 2.75) is 121 Å². The molecule has 17 nitrogen and oxygen atoms in total. The molecule has 4 amide bonds. The summed E-state index contributed by atoms with van der Waals surface area (Å²) in [5, 5.41) is 5.43. The molecule has 6 heterocycles. The van der Waals surface area contributed by atoms with Gasteiger partial charge in [-0.25, -0.2) is 28.3 Å². The maximum Gasteiger partial charge on any atom is 0.407 e. The lowest BCUT2D eigenvalue weighted by atomic mass is 9.89. The summed E-state index contributed by atoms with van der Waals surface area (Å²) in [6, 6.07) is 20.2. The predicted molar refractivity (Wildman–Crippen MR) is 289 cm³/mol. The van der Waals surface area contributed by atoms with Crippen LogP contribution >= 0.6 is 0 Å². The molecule has 0 bridgehead atoms. The molecule has 1 unspecified atom stereocenters. The Bertz CT molecular complexity index is 2970. The van der Waals surface area contributed by atoms with Crippen molar-refractivity contribution in [3.05, 3.63) is 113 Å². The zero-order valence-corrected chi connectivity index (χ0v) is 44.9. The van der Waals surface area contributed by atoms with Crippen LogP contribution in [0.25, 0.3) is 22.1 Å². The van der Waals surface area contributed by atoms with Gasteiger partial charge < -0.3 is 54.4 Å². The van der Waals surface area contributed by atoms with Crippen molar-refractivity contribution in [1.29, 1.82) is 0 Å². The number of fused-ring (bicyclic) bond motifs is 2. The van der Waals surface area contributed by atoms with E-state index in [0.717, 1.165) is 64.6 Å². The molecule has 408 valence electrons. The Hall–Kier alpha value is -7.44. The molecule has 4 N–H and O–H groups in total. The second-order valence-electron chi connectivity index (χ2n) is 21.7. The number of aromatic nitrogens is 4. The average molecular weight is 1060 g/mol. The van der Waals surface area contributed by atoms with Gasteiger partial charge in [0, 0.05) is 31.9 Å². The SMILES string of the molecule is COC(=O)NC(C(=O)N1CCC[C@H]1c1nc2ccc([C@H]3CC[C@H](c4ccc5nc([C@@H]6CCCN6C(=O)[C@@H](NC(=O)OC)C(C)C)[nH]c5c4)N3c3cc(F)c(N4CCC(c5ccc(OC)cc5)CC4)c(F)c3)cc2[nH]1)C(C)C. The lowest BCUT2D eigenvalue weighted by Gasteiger charge is -2.36. The number of piperidine rings is 1. The average Bonchev–Trinajstić information content (AvgIpc) is 4.31. The number of hydrogen-bond acceptors (Lipinski definition) is 11. The number of benzene rings is 4. The number of hydrogen-bond donors (Lipinski definition) is 4. The fourth-order valence-corrected chi connectivity index (χ4v) is 12.4. The van der Waals surface area contributed by atoms with Gasteiger partial charge in [-0.3, -0.25) is 9.59 Å². The van der Waals surface area contributed by atoms with Crippen LogP contribution in [0.15, 0.2) is 72.8 Å². The third-order valence-electron chi connectivity index (χ3n) is 16.4. The maximum absolute atomic E-state index is 16.9.